The largest absolute Gasteiger partial charge is 0.493 e. The molecule has 0 aliphatic rings. The van der Waals surface area contributed by atoms with Crippen molar-refractivity contribution in [1.29, 1.82) is 0 Å². The van der Waals surface area contributed by atoms with Crippen LogP contribution in [-0.4, -0.2) is 16.9 Å². The Morgan fingerprint density at radius 3 is 2.76 bits per heavy atom. The van der Waals surface area contributed by atoms with Crippen molar-refractivity contribution in [2.24, 2.45) is 5.92 Å². The molecule has 17 heavy (non-hydrogen) atoms. The molecule has 0 aromatic heterocycles. The van der Waals surface area contributed by atoms with Gasteiger partial charge in [-0.05, 0) is 12.5 Å². The number of rotatable bonds is 6. The van der Waals surface area contributed by atoms with E-state index in [2.05, 4.69) is 22.9 Å². The number of hydrogen-bond acceptors (Lipinski definition) is 3. The van der Waals surface area contributed by atoms with Crippen LogP contribution in [0.1, 0.15) is 13.3 Å². The van der Waals surface area contributed by atoms with E-state index in [0.29, 0.717) is 18.3 Å². The molecule has 0 saturated carbocycles. The molecule has 94 valence electrons. The van der Waals surface area contributed by atoms with Gasteiger partial charge in [-0.1, -0.05) is 34.5 Å². The van der Waals surface area contributed by atoms with Gasteiger partial charge >= 0.3 is 0 Å². The van der Waals surface area contributed by atoms with E-state index in [-0.39, 0.29) is 10.7 Å². The molecule has 0 aliphatic heterocycles. The van der Waals surface area contributed by atoms with Crippen LogP contribution >= 0.6 is 27.5 Å². The summed E-state index contributed by atoms with van der Waals surface area (Å²) in [5, 5.41) is 11.5. The molecular formula is C11H13BrClNO3. The van der Waals surface area contributed by atoms with Crippen molar-refractivity contribution in [3.05, 3.63) is 33.3 Å². The number of nitro benzene ring substituents is 1. The van der Waals surface area contributed by atoms with Crippen molar-refractivity contribution in [3.63, 3.8) is 0 Å². The number of halogens is 2. The predicted octanol–water partition coefficient (Wildman–Crippen LogP) is 4.05. The summed E-state index contributed by atoms with van der Waals surface area (Å²) in [7, 11) is 0. The fourth-order valence-electron chi connectivity index (χ4n) is 1.21. The third-order valence-electron chi connectivity index (χ3n) is 2.40. The second kappa shape index (κ2) is 6.81. The van der Waals surface area contributed by atoms with Crippen LogP contribution in [0.4, 0.5) is 5.69 Å². The van der Waals surface area contributed by atoms with Gasteiger partial charge in [-0.3, -0.25) is 10.1 Å². The Balaban J connectivity index is 2.67. The van der Waals surface area contributed by atoms with Crippen molar-refractivity contribution in [3.8, 4) is 5.75 Å². The third kappa shape index (κ3) is 4.16. The number of ether oxygens (including phenoxy) is 1. The molecule has 0 spiro atoms. The minimum atomic E-state index is -0.514. The van der Waals surface area contributed by atoms with E-state index in [1.54, 1.807) is 6.07 Å². The summed E-state index contributed by atoms with van der Waals surface area (Å²) in [6, 6.07) is 4.39. The van der Waals surface area contributed by atoms with Gasteiger partial charge in [0.05, 0.1) is 11.5 Å². The lowest BCUT2D eigenvalue weighted by Gasteiger charge is -2.13. The van der Waals surface area contributed by atoms with Gasteiger partial charge < -0.3 is 4.74 Å². The molecule has 0 N–H and O–H groups in total. The molecule has 6 heteroatoms. The van der Waals surface area contributed by atoms with Crippen molar-refractivity contribution in [2.75, 3.05) is 11.9 Å². The maximum absolute atomic E-state index is 10.6. The molecule has 0 aliphatic carbocycles. The maximum atomic E-state index is 10.6. The molecule has 0 radical (unpaired) electrons. The van der Waals surface area contributed by atoms with E-state index in [1.807, 2.05) is 0 Å². The average Bonchev–Trinajstić information content (AvgIpc) is 2.30. The van der Waals surface area contributed by atoms with Crippen molar-refractivity contribution >= 4 is 33.2 Å². The van der Waals surface area contributed by atoms with E-state index in [4.69, 9.17) is 16.3 Å². The Labute approximate surface area is 113 Å². The van der Waals surface area contributed by atoms with E-state index in [0.717, 1.165) is 11.8 Å². The molecule has 1 aromatic carbocycles. The summed E-state index contributed by atoms with van der Waals surface area (Å²) >= 11 is 9.18. The lowest BCUT2D eigenvalue weighted by molar-refractivity contribution is -0.384. The highest BCUT2D eigenvalue weighted by atomic mass is 79.9. The van der Waals surface area contributed by atoms with Crippen LogP contribution in [0.3, 0.4) is 0 Å². The smallest absolute Gasteiger partial charge is 0.288 e. The summed E-state index contributed by atoms with van der Waals surface area (Å²) < 4.78 is 5.53. The van der Waals surface area contributed by atoms with E-state index >= 15 is 0 Å². The highest BCUT2D eigenvalue weighted by molar-refractivity contribution is 9.09. The zero-order valence-corrected chi connectivity index (χ0v) is 11.7. The first-order valence-corrected chi connectivity index (χ1v) is 6.71. The van der Waals surface area contributed by atoms with Crippen LogP contribution in [0, 0.1) is 16.0 Å². The summed E-state index contributed by atoms with van der Waals surface area (Å²) in [5.74, 6) is 0.976. The van der Waals surface area contributed by atoms with Crippen LogP contribution in [0.2, 0.25) is 5.02 Å². The van der Waals surface area contributed by atoms with Gasteiger partial charge in [0.1, 0.15) is 10.8 Å². The maximum Gasteiger partial charge on any atom is 0.288 e. The zero-order valence-electron chi connectivity index (χ0n) is 9.36. The monoisotopic (exact) mass is 321 g/mol. The Bertz CT molecular complexity index is 396. The molecule has 1 unspecified atom stereocenters. The highest BCUT2D eigenvalue weighted by Gasteiger charge is 2.13. The fraction of sp³-hybridized carbons (Fsp3) is 0.455. The SMILES string of the molecule is CCC(CBr)COc1ccc([N+](=O)[O-])c(Cl)c1. The summed E-state index contributed by atoms with van der Waals surface area (Å²) in [5.41, 5.74) is -0.105. The van der Waals surface area contributed by atoms with Gasteiger partial charge in [-0.15, -0.1) is 0 Å². The second-order valence-corrected chi connectivity index (χ2v) is 4.66. The molecule has 1 aromatic rings. The quantitative estimate of drug-likeness (QED) is 0.451. The van der Waals surface area contributed by atoms with Crippen molar-refractivity contribution in [2.45, 2.75) is 13.3 Å². The number of nitrogens with zero attached hydrogens (tertiary/aromatic N) is 1. The third-order valence-corrected chi connectivity index (χ3v) is 3.62. The lowest BCUT2D eigenvalue weighted by atomic mass is 10.1. The van der Waals surface area contributed by atoms with Crippen molar-refractivity contribution in [1.82, 2.24) is 0 Å². The standard InChI is InChI=1S/C11H13BrClNO3/c1-2-8(6-12)7-17-9-3-4-11(14(15)16)10(13)5-9/h3-5,8H,2,6-7H2,1H3. The molecule has 0 heterocycles. The summed E-state index contributed by atoms with van der Waals surface area (Å²) in [6.45, 7) is 2.65. The van der Waals surface area contributed by atoms with Gasteiger partial charge in [0.25, 0.3) is 5.69 Å². The number of nitro groups is 1. The Hall–Kier alpha value is -0.810. The van der Waals surface area contributed by atoms with Crippen LogP contribution in [0.25, 0.3) is 0 Å². The zero-order chi connectivity index (χ0) is 12.8. The minimum absolute atomic E-state index is 0.0967. The Morgan fingerprint density at radius 2 is 2.29 bits per heavy atom. The molecule has 0 fully saturated rings. The predicted molar refractivity (Wildman–Crippen MR) is 71.2 cm³/mol. The van der Waals surface area contributed by atoms with Crippen LogP contribution in [0.15, 0.2) is 18.2 Å². The van der Waals surface area contributed by atoms with Gasteiger partial charge in [0.15, 0.2) is 0 Å². The van der Waals surface area contributed by atoms with Gasteiger partial charge in [0, 0.05) is 23.4 Å². The topological polar surface area (TPSA) is 52.4 Å². The van der Waals surface area contributed by atoms with Crippen LogP contribution in [0.5, 0.6) is 5.75 Å². The molecule has 0 saturated heterocycles. The van der Waals surface area contributed by atoms with Crippen LogP contribution < -0.4 is 4.74 Å². The fourth-order valence-corrected chi connectivity index (χ4v) is 2.10. The number of benzene rings is 1. The first kappa shape index (κ1) is 14.3. The minimum Gasteiger partial charge on any atom is -0.493 e. The van der Waals surface area contributed by atoms with Gasteiger partial charge in [-0.2, -0.15) is 0 Å². The van der Waals surface area contributed by atoms with Crippen LogP contribution in [-0.2, 0) is 0 Å². The highest BCUT2D eigenvalue weighted by Crippen LogP contribution is 2.28. The second-order valence-electron chi connectivity index (χ2n) is 3.61. The number of hydrogen-bond donors (Lipinski definition) is 0. The Morgan fingerprint density at radius 1 is 1.59 bits per heavy atom. The van der Waals surface area contributed by atoms with E-state index in [9.17, 15) is 10.1 Å². The molecule has 0 amide bonds. The first-order chi connectivity index (χ1) is 8.08. The van der Waals surface area contributed by atoms with E-state index < -0.39 is 4.92 Å². The normalized spacial score (nSPS) is 12.2. The van der Waals surface area contributed by atoms with E-state index in [1.165, 1.54) is 12.1 Å². The molecule has 4 nitrogen and oxygen atoms in total. The Kier molecular flexibility index (Phi) is 5.71. The summed E-state index contributed by atoms with van der Waals surface area (Å²) in [6.07, 6.45) is 1.01. The molecule has 0 bridgehead atoms. The lowest BCUT2D eigenvalue weighted by Crippen LogP contribution is -2.12. The molecule has 1 rings (SSSR count). The average molecular weight is 323 g/mol. The molecule has 1 atom stereocenters. The van der Waals surface area contributed by atoms with Crippen molar-refractivity contribution < 1.29 is 9.66 Å². The number of alkyl halides is 1. The van der Waals surface area contributed by atoms with Gasteiger partial charge in [0.2, 0.25) is 0 Å². The molecular weight excluding hydrogens is 309 g/mol. The summed E-state index contributed by atoms with van der Waals surface area (Å²) in [4.78, 5) is 10.1. The van der Waals surface area contributed by atoms with Gasteiger partial charge in [-0.25, -0.2) is 0 Å². The first-order valence-electron chi connectivity index (χ1n) is 5.21.